The fourth-order valence-corrected chi connectivity index (χ4v) is 4.36. The van der Waals surface area contributed by atoms with Crippen molar-refractivity contribution in [1.82, 2.24) is 0 Å². The molecule has 0 aromatic carbocycles. The molecule has 2 saturated heterocycles. The van der Waals surface area contributed by atoms with Crippen molar-refractivity contribution in [3.05, 3.63) is 0 Å². The molecular weight excluding hydrogens is 540 g/mol. The van der Waals surface area contributed by atoms with Gasteiger partial charge in [-0.05, 0) is 0 Å². The minimum absolute atomic E-state index is 0.441. The van der Waals surface area contributed by atoms with Gasteiger partial charge in [-0.25, -0.2) is 0 Å². The predicted octanol–water partition coefficient (Wildman–Crippen LogP) is -1.30. The van der Waals surface area contributed by atoms with Crippen LogP contribution in [0.5, 0.6) is 0 Å². The van der Waals surface area contributed by atoms with E-state index in [2.05, 4.69) is 0 Å². The Hall–Kier alpha value is -2.56. The first kappa shape index (κ1) is 31.7. The van der Waals surface area contributed by atoms with E-state index in [1.54, 1.807) is 0 Å². The Morgan fingerprint density at radius 1 is 0.763 bits per heavy atom. The molecule has 216 valence electrons. The van der Waals surface area contributed by atoms with Gasteiger partial charge in [0.15, 0.2) is 24.4 Å². The molecule has 0 unspecified atom stereocenters. The maximum atomic E-state index is 11.9. The van der Waals surface area contributed by atoms with E-state index in [0.29, 0.717) is 0 Å². The Bertz CT molecular complexity index is 896. The van der Waals surface area contributed by atoms with Gasteiger partial charge in [0.25, 0.3) is 0 Å². The monoisotopic (exact) mass is 570 g/mol. The third-order valence-electron chi connectivity index (χ3n) is 5.39. The lowest BCUT2D eigenvalue weighted by molar-refractivity contribution is -0.373. The number of halogens is 1. The number of aliphatic hydroxyl groups excluding tert-OH is 2. The van der Waals surface area contributed by atoms with Crippen molar-refractivity contribution in [3.63, 3.8) is 0 Å². The quantitative estimate of drug-likeness (QED) is 0.178. The second kappa shape index (κ2) is 13.5. The van der Waals surface area contributed by atoms with E-state index < -0.39 is 104 Å². The van der Waals surface area contributed by atoms with E-state index in [-0.39, 0.29) is 0 Å². The highest BCUT2D eigenvalue weighted by molar-refractivity contribution is 6.21. The third-order valence-corrected chi connectivity index (χ3v) is 5.91. The fourth-order valence-electron chi connectivity index (χ4n) is 4.03. The number of hydrogen-bond acceptors (Lipinski definition) is 15. The van der Waals surface area contributed by atoms with Crippen LogP contribution >= 0.6 is 11.6 Å². The summed E-state index contributed by atoms with van der Waals surface area (Å²) in [7, 11) is 0. The van der Waals surface area contributed by atoms with Crippen LogP contribution in [0, 0.1) is 0 Å². The maximum Gasteiger partial charge on any atom is 0.303 e. The second-order valence-electron chi connectivity index (χ2n) is 8.47. The minimum atomic E-state index is -2.35. The van der Waals surface area contributed by atoms with Crippen LogP contribution in [0.2, 0.25) is 0 Å². The van der Waals surface area contributed by atoms with E-state index in [1.165, 1.54) is 0 Å². The molecule has 0 aromatic rings. The normalized spacial score (nSPS) is 34.6. The summed E-state index contributed by atoms with van der Waals surface area (Å²) in [6, 6.07) is 0. The summed E-state index contributed by atoms with van der Waals surface area (Å²) in [6.07, 6.45) is -10.4. The highest BCUT2D eigenvalue weighted by atomic mass is 35.5. The zero-order chi connectivity index (χ0) is 28.8. The van der Waals surface area contributed by atoms with E-state index in [1.807, 2.05) is 0 Å². The molecule has 0 spiro atoms. The number of carbonyl (C=O) groups is 5. The van der Waals surface area contributed by atoms with Gasteiger partial charge in [0.05, 0.1) is 6.61 Å². The third kappa shape index (κ3) is 7.74. The van der Waals surface area contributed by atoms with Crippen molar-refractivity contribution in [2.45, 2.75) is 88.7 Å². The highest BCUT2D eigenvalue weighted by Gasteiger charge is 2.63. The Morgan fingerprint density at radius 2 is 1.29 bits per heavy atom. The van der Waals surface area contributed by atoms with Gasteiger partial charge in [-0.3, -0.25) is 24.0 Å². The molecule has 2 rings (SSSR count). The van der Waals surface area contributed by atoms with Crippen LogP contribution < -0.4 is 0 Å². The number of esters is 5. The van der Waals surface area contributed by atoms with Crippen molar-refractivity contribution in [2.24, 2.45) is 0 Å². The Labute approximate surface area is 222 Å². The maximum absolute atomic E-state index is 11.9. The molecule has 2 fully saturated rings. The van der Waals surface area contributed by atoms with Crippen LogP contribution in [0.15, 0.2) is 0 Å². The molecule has 9 atom stereocenters. The van der Waals surface area contributed by atoms with Gasteiger partial charge in [0, 0.05) is 34.6 Å². The van der Waals surface area contributed by atoms with Crippen molar-refractivity contribution in [2.75, 3.05) is 19.8 Å². The van der Waals surface area contributed by atoms with Crippen LogP contribution in [0.3, 0.4) is 0 Å². The van der Waals surface area contributed by atoms with E-state index in [0.717, 1.165) is 34.6 Å². The van der Waals surface area contributed by atoms with Crippen molar-refractivity contribution >= 4 is 41.4 Å². The lowest BCUT2D eigenvalue weighted by Crippen LogP contribution is -2.63. The summed E-state index contributed by atoms with van der Waals surface area (Å²) < 4.78 is 43.4. The summed E-state index contributed by atoms with van der Waals surface area (Å²) in [4.78, 5) is 58.8. The average Bonchev–Trinajstić information content (AvgIpc) is 3.08. The topological polar surface area (TPSA) is 200 Å². The predicted molar refractivity (Wildman–Crippen MR) is 120 cm³/mol. The molecular formula is C22H31ClO15. The zero-order valence-corrected chi connectivity index (χ0v) is 22.1. The summed E-state index contributed by atoms with van der Waals surface area (Å²) in [5, 5.41) is 19.0. The molecule has 2 heterocycles. The van der Waals surface area contributed by atoms with Crippen molar-refractivity contribution in [1.29, 1.82) is 0 Å². The minimum Gasteiger partial charge on any atom is -0.463 e. The standard InChI is InChI=1S/C22H31ClO15/c1-9(26)31-7-15-16(23)18(33-11(3)28)19(34-12(4)29)21(36-15)38-22(8-25)20(35-13(5)30)17(32-10(2)27)14(6-24)37-22/h14-21,24-25H,6-8H2,1-5H3/t14-,15-,16-,17-,18+,19-,20+,21-,22+/m1/s1. The Balaban J connectivity index is 2.55. The number of alkyl halides is 1. The molecule has 2 aliphatic rings. The summed E-state index contributed by atoms with van der Waals surface area (Å²) in [5.41, 5.74) is 0. The molecule has 38 heavy (non-hydrogen) atoms. The molecule has 2 N–H and O–H groups in total. The number of hydrogen-bond donors (Lipinski definition) is 2. The summed E-state index contributed by atoms with van der Waals surface area (Å²) in [6.45, 7) is 3.09. The Kier molecular flexibility index (Phi) is 11.2. The van der Waals surface area contributed by atoms with Crippen molar-refractivity contribution in [3.8, 4) is 0 Å². The first-order valence-electron chi connectivity index (χ1n) is 11.4. The van der Waals surface area contributed by atoms with Gasteiger partial charge in [-0.15, -0.1) is 11.6 Å². The van der Waals surface area contributed by atoms with Gasteiger partial charge in [0.1, 0.15) is 30.8 Å². The van der Waals surface area contributed by atoms with Gasteiger partial charge >= 0.3 is 29.8 Å². The van der Waals surface area contributed by atoms with Crippen LogP contribution in [0.25, 0.3) is 0 Å². The molecule has 0 aliphatic carbocycles. The lowest BCUT2D eigenvalue weighted by Gasteiger charge is -2.45. The molecule has 16 heteroatoms. The van der Waals surface area contributed by atoms with Gasteiger partial charge < -0.3 is 48.1 Å². The van der Waals surface area contributed by atoms with Crippen molar-refractivity contribution < 1.29 is 72.1 Å². The van der Waals surface area contributed by atoms with Gasteiger partial charge in [0.2, 0.25) is 12.1 Å². The number of aliphatic hydroxyl groups is 2. The number of ether oxygens (including phenoxy) is 8. The number of rotatable bonds is 10. The first-order chi connectivity index (χ1) is 17.7. The first-order valence-corrected chi connectivity index (χ1v) is 11.9. The van der Waals surface area contributed by atoms with E-state index >= 15 is 0 Å². The fraction of sp³-hybridized carbons (Fsp3) is 0.773. The summed E-state index contributed by atoms with van der Waals surface area (Å²) in [5.74, 6) is -6.42. The lowest BCUT2D eigenvalue weighted by atomic mass is 10.00. The highest BCUT2D eigenvalue weighted by Crippen LogP contribution is 2.40. The smallest absolute Gasteiger partial charge is 0.303 e. The molecule has 0 bridgehead atoms. The zero-order valence-electron chi connectivity index (χ0n) is 21.3. The molecule has 0 amide bonds. The molecule has 0 radical (unpaired) electrons. The van der Waals surface area contributed by atoms with Crippen LogP contribution in [0.1, 0.15) is 34.6 Å². The van der Waals surface area contributed by atoms with E-state index in [4.69, 9.17) is 49.5 Å². The second-order valence-corrected chi connectivity index (χ2v) is 8.97. The van der Waals surface area contributed by atoms with Gasteiger partial charge in [-0.2, -0.15) is 0 Å². The molecule has 0 saturated carbocycles. The largest absolute Gasteiger partial charge is 0.463 e. The average molecular weight is 571 g/mol. The van der Waals surface area contributed by atoms with Gasteiger partial charge in [-0.1, -0.05) is 0 Å². The number of carbonyl (C=O) groups excluding carboxylic acids is 5. The molecule has 2 aliphatic heterocycles. The van der Waals surface area contributed by atoms with E-state index in [9.17, 15) is 34.2 Å². The van der Waals surface area contributed by atoms with Crippen LogP contribution in [0.4, 0.5) is 0 Å². The Morgan fingerprint density at radius 3 is 1.76 bits per heavy atom. The molecule has 0 aromatic heterocycles. The SMILES string of the molecule is CC(=O)OC[C@H]1O[C@H](O[C@]2(CO)O[C@H](CO)[C@@H](OC(C)=O)[C@@H]2OC(C)=O)[C@H](OC(C)=O)[C@@H](OC(C)=O)[C@@H]1Cl. The van der Waals surface area contributed by atoms with Crippen LogP contribution in [-0.2, 0) is 61.9 Å². The molecule has 15 nitrogen and oxygen atoms in total. The van der Waals surface area contributed by atoms with Crippen LogP contribution in [-0.4, -0.2) is 114 Å². The summed E-state index contributed by atoms with van der Waals surface area (Å²) >= 11 is 6.45.